The molecule has 0 radical (unpaired) electrons. The number of amides is 2. The second kappa shape index (κ2) is 5.84. The van der Waals surface area contributed by atoms with E-state index in [1.54, 1.807) is 12.0 Å². The number of nitrogens with zero attached hydrogens (tertiary/aromatic N) is 2. The van der Waals surface area contributed by atoms with Crippen LogP contribution in [0.3, 0.4) is 0 Å². The van der Waals surface area contributed by atoms with Crippen LogP contribution in [0.25, 0.3) is 0 Å². The first-order chi connectivity index (χ1) is 7.65. The van der Waals surface area contributed by atoms with Gasteiger partial charge >= 0.3 is 6.03 Å². The van der Waals surface area contributed by atoms with Crippen molar-refractivity contribution in [2.45, 2.75) is 32.7 Å². The lowest BCUT2D eigenvalue weighted by Gasteiger charge is -2.29. The zero-order valence-electron chi connectivity index (χ0n) is 10.3. The summed E-state index contributed by atoms with van der Waals surface area (Å²) in [7, 11) is 1.62. The molecule has 0 saturated heterocycles. The highest BCUT2D eigenvalue weighted by atomic mass is 16.5. The maximum Gasteiger partial charge on any atom is 0.345 e. The summed E-state index contributed by atoms with van der Waals surface area (Å²) in [5, 5.41) is 0. The molecule has 0 spiro atoms. The Kier molecular flexibility index (Phi) is 4.73. The maximum atomic E-state index is 11.6. The SMILES string of the molecule is CCC(CC)C1C(N)=NC(=O)N1CCOC. The third-order valence-electron chi connectivity index (χ3n) is 3.14. The van der Waals surface area contributed by atoms with Crippen molar-refractivity contribution in [2.24, 2.45) is 16.6 Å². The molecule has 1 heterocycles. The van der Waals surface area contributed by atoms with Crippen molar-refractivity contribution in [3.63, 3.8) is 0 Å². The molecule has 0 aromatic carbocycles. The molecule has 0 aliphatic carbocycles. The first-order valence-corrected chi connectivity index (χ1v) is 5.79. The summed E-state index contributed by atoms with van der Waals surface area (Å²) in [6.45, 7) is 5.30. The summed E-state index contributed by atoms with van der Waals surface area (Å²) < 4.78 is 5.00. The predicted molar refractivity (Wildman–Crippen MR) is 63.5 cm³/mol. The van der Waals surface area contributed by atoms with Crippen LogP contribution in [0.2, 0.25) is 0 Å². The second-order valence-corrected chi connectivity index (χ2v) is 4.03. The van der Waals surface area contributed by atoms with E-state index < -0.39 is 0 Å². The number of methoxy groups -OCH3 is 1. The van der Waals surface area contributed by atoms with E-state index in [-0.39, 0.29) is 12.1 Å². The van der Waals surface area contributed by atoms with E-state index in [1.165, 1.54) is 0 Å². The van der Waals surface area contributed by atoms with Crippen LogP contribution in [0.15, 0.2) is 4.99 Å². The van der Waals surface area contributed by atoms with Gasteiger partial charge in [0.2, 0.25) is 0 Å². The largest absolute Gasteiger partial charge is 0.385 e. The van der Waals surface area contributed by atoms with Gasteiger partial charge in [-0.05, 0) is 5.92 Å². The molecule has 0 aromatic rings. The normalized spacial score (nSPS) is 20.8. The Morgan fingerprint density at radius 1 is 1.50 bits per heavy atom. The number of amidine groups is 1. The smallest absolute Gasteiger partial charge is 0.345 e. The summed E-state index contributed by atoms with van der Waals surface area (Å²) in [6.07, 6.45) is 1.99. The number of ether oxygens (including phenoxy) is 1. The van der Waals surface area contributed by atoms with Crippen LogP contribution >= 0.6 is 0 Å². The highest BCUT2D eigenvalue weighted by Crippen LogP contribution is 2.23. The van der Waals surface area contributed by atoms with Crippen molar-refractivity contribution in [1.29, 1.82) is 0 Å². The van der Waals surface area contributed by atoms with E-state index in [0.29, 0.717) is 24.9 Å². The van der Waals surface area contributed by atoms with Gasteiger partial charge in [0.15, 0.2) is 0 Å². The summed E-state index contributed by atoms with van der Waals surface area (Å²) in [6, 6.07) is -0.274. The average molecular weight is 227 g/mol. The Morgan fingerprint density at radius 2 is 2.12 bits per heavy atom. The number of hydrogen-bond acceptors (Lipinski definition) is 3. The van der Waals surface area contributed by atoms with Crippen molar-refractivity contribution in [3.05, 3.63) is 0 Å². The first-order valence-electron chi connectivity index (χ1n) is 5.79. The summed E-state index contributed by atoms with van der Waals surface area (Å²) in [5.41, 5.74) is 5.83. The summed E-state index contributed by atoms with van der Waals surface area (Å²) in [5.74, 6) is 0.835. The van der Waals surface area contributed by atoms with E-state index >= 15 is 0 Å². The standard InChI is InChI=1S/C11H21N3O2/c1-4-8(5-2)9-10(12)13-11(15)14(9)6-7-16-3/h8-9H,4-7H2,1-3H3,(H2,12,13,15). The molecule has 0 fully saturated rings. The Hall–Kier alpha value is -1.10. The van der Waals surface area contributed by atoms with Gasteiger partial charge in [-0.1, -0.05) is 26.7 Å². The lowest BCUT2D eigenvalue weighted by molar-refractivity contribution is 0.137. The van der Waals surface area contributed by atoms with E-state index in [0.717, 1.165) is 12.8 Å². The Morgan fingerprint density at radius 3 is 2.62 bits per heavy atom. The van der Waals surface area contributed by atoms with Crippen molar-refractivity contribution < 1.29 is 9.53 Å². The van der Waals surface area contributed by atoms with Gasteiger partial charge in [-0.25, -0.2) is 4.79 Å². The fraction of sp³-hybridized carbons (Fsp3) is 0.818. The molecule has 16 heavy (non-hydrogen) atoms. The van der Waals surface area contributed by atoms with E-state index in [1.807, 2.05) is 0 Å². The van der Waals surface area contributed by atoms with E-state index in [2.05, 4.69) is 18.8 Å². The van der Waals surface area contributed by atoms with Crippen LogP contribution in [-0.4, -0.2) is 43.1 Å². The Balaban J connectivity index is 2.76. The van der Waals surface area contributed by atoms with Gasteiger partial charge in [-0.2, -0.15) is 4.99 Å². The van der Waals surface area contributed by atoms with Gasteiger partial charge in [0.05, 0.1) is 12.6 Å². The van der Waals surface area contributed by atoms with Crippen molar-refractivity contribution in [3.8, 4) is 0 Å². The topological polar surface area (TPSA) is 67.9 Å². The molecule has 2 N–H and O–H groups in total. The van der Waals surface area contributed by atoms with Crippen molar-refractivity contribution in [1.82, 2.24) is 4.90 Å². The lowest BCUT2D eigenvalue weighted by Crippen LogP contribution is -2.46. The van der Waals surface area contributed by atoms with Crippen molar-refractivity contribution in [2.75, 3.05) is 20.3 Å². The molecule has 0 aromatic heterocycles. The van der Waals surface area contributed by atoms with Gasteiger partial charge in [0.1, 0.15) is 5.84 Å². The number of rotatable bonds is 6. The van der Waals surface area contributed by atoms with Gasteiger partial charge in [-0.3, -0.25) is 0 Å². The molecule has 1 atom stereocenters. The monoisotopic (exact) mass is 227 g/mol. The molecule has 5 nitrogen and oxygen atoms in total. The quantitative estimate of drug-likeness (QED) is 0.742. The molecule has 1 rings (SSSR count). The fourth-order valence-electron chi connectivity index (χ4n) is 2.17. The highest BCUT2D eigenvalue weighted by Gasteiger charge is 2.36. The number of aliphatic imine (C=N–C) groups is 1. The minimum atomic E-state index is -0.230. The van der Waals surface area contributed by atoms with E-state index in [4.69, 9.17) is 10.5 Å². The lowest BCUT2D eigenvalue weighted by atomic mass is 9.93. The number of carbonyl (C=O) groups is 1. The number of nitrogens with two attached hydrogens (primary N) is 1. The first kappa shape index (κ1) is 13.0. The van der Waals surface area contributed by atoms with Crippen LogP contribution in [0.5, 0.6) is 0 Å². The van der Waals surface area contributed by atoms with Gasteiger partial charge in [0.25, 0.3) is 0 Å². The van der Waals surface area contributed by atoms with Gasteiger partial charge in [-0.15, -0.1) is 0 Å². The fourth-order valence-corrected chi connectivity index (χ4v) is 2.17. The molecule has 0 saturated carbocycles. The molecule has 92 valence electrons. The Bertz CT molecular complexity index is 274. The second-order valence-electron chi connectivity index (χ2n) is 4.03. The zero-order valence-corrected chi connectivity index (χ0v) is 10.3. The Labute approximate surface area is 96.7 Å². The maximum absolute atomic E-state index is 11.6. The molecular weight excluding hydrogens is 206 g/mol. The molecule has 1 unspecified atom stereocenters. The summed E-state index contributed by atoms with van der Waals surface area (Å²) >= 11 is 0. The molecule has 1 aliphatic rings. The van der Waals surface area contributed by atoms with Gasteiger partial charge < -0.3 is 15.4 Å². The minimum Gasteiger partial charge on any atom is -0.385 e. The van der Waals surface area contributed by atoms with Crippen LogP contribution < -0.4 is 5.73 Å². The van der Waals surface area contributed by atoms with Gasteiger partial charge in [0, 0.05) is 13.7 Å². The minimum absolute atomic E-state index is 0.0438. The molecule has 0 bridgehead atoms. The average Bonchev–Trinajstić information content (AvgIpc) is 2.54. The molecule has 1 aliphatic heterocycles. The van der Waals surface area contributed by atoms with Crippen LogP contribution in [-0.2, 0) is 4.74 Å². The zero-order chi connectivity index (χ0) is 12.1. The van der Waals surface area contributed by atoms with Crippen LogP contribution in [0.1, 0.15) is 26.7 Å². The third kappa shape index (κ3) is 2.52. The predicted octanol–water partition coefficient (Wildman–Crippen LogP) is 1.23. The summed E-state index contributed by atoms with van der Waals surface area (Å²) in [4.78, 5) is 17.2. The highest BCUT2D eigenvalue weighted by molar-refractivity contribution is 6.02. The number of carbonyl (C=O) groups excluding carboxylic acids is 1. The molecule has 5 heteroatoms. The van der Waals surface area contributed by atoms with Crippen molar-refractivity contribution >= 4 is 11.9 Å². The molecule has 2 amide bonds. The third-order valence-corrected chi connectivity index (χ3v) is 3.14. The van der Waals surface area contributed by atoms with Crippen LogP contribution in [0.4, 0.5) is 4.79 Å². The van der Waals surface area contributed by atoms with E-state index in [9.17, 15) is 4.79 Å². The number of hydrogen-bond donors (Lipinski definition) is 1. The number of urea groups is 1. The van der Waals surface area contributed by atoms with Crippen LogP contribution in [0, 0.1) is 5.92 Å². The molecular formula is C11H21N3O2.